The molecule has 0 radical (unpaired) electrons. The zero-order valence-corrected chi connectivity index (χ0v) is 11.8. The molecular weight excluding hydrogens is 298 g/mol. The highest BCUT2D eigenvalue weighted by Crippen LogP contribution is 2.24. The largest absolute Gasteiger partial charge is 0.512 e. The Labute approximate surface area is 114 Å². The summed E-state index contributed by atoms with van der Waals surface area (Å²) in [5.74, 6) is -0.711. The summed E-state index contributed by atoms with van der Waals surface area (Å²) in [5, 5.41) is 9.43. The first-order valence-corrected chi connectivity index (χ1v) is 6.21. The summed E-state index contributed by atoms with van der Waals surface area (Å²) in [4.78, 5) is 15.7. The van der Waals surface area contributed by atoms with Gasteiger partial charge >= 0.3 is 5.97 Å². The van der Waals surface area contributed by atoms with Gasteiger partial charge in [0.05, 0.1) is 12.3 Å². The Bertz CT molecular complexity index is 491. The molecule has 0 saturated heterocycles. The molecule has 0 atom stereocenters. The summed E-state index contributed by atoms with van der Waals surface area (Å²) in [5.41, 5.74) is 0.716. The maximum atomic E-state index is 11.5. The molecule has 96 valence electrons. The van der Waals surface area contributed by atoms with Gasteiger partial charge in [0.2, 0.25) is 0 Å². The molecule has 1 rings (SSSR count). The molecule has 1 aromatic rings. The number of ether oxygens (including phenoxy) is 1. The van der Waals surface area contributed by atoms with Gasteiger partial charge in [-0.05, 0) is 41.9 Å². The Morgan fingerprint density at radius 3 is 2.72 bits per heavy atom. The zero-order chi connectivity index (χ0) is 13.5. The second-order valence-electron chi connectivity index (χ2n) is 3.43. The fourth-order valence-electron chi connectivity index (χ4n) is 1.19. The normalized spacial score (nSPS) is 12.4. The predicted octanol–water partition coefficient (Wildman–Crippen LogP) is 3.55. The van der Waals surface area contributed by atoms with Crippen LogP contribution < -0.4 is 0 Å². The first-order chi connectivity index (χ1) is 8.56. The minimum absolute atomic E-state index is 0.0487. The number of esters is 1. The second-order valence-corrected chi connectivity index (χ2v) is 4.28. The third-order valence-corrected chi connectivity index (χ3v) is 2.74. The maximum absolute atomic E-state index is 11.5. The van der Waals surface area contributed by atoms with Crippen molar-refractivity contribution >= 4 is 33.8 Å². The van der Waals surface area contributed by atoms with Crippen molar-refractivity contribution in [2.75, 3.05) is 6.61 Å². The highest BCUT2D eigenvalue weighted by molar-refractivity contribution is 9.10. The number of para-hydroxylation sites is 1. The van der Waals surface area contributed by atoms with Gasteiger partial charge in [0.15, 0.2) is 0 Å². The third-order valence-electron chi connectivity index (χ3n) is 2.07. The zero-order valence-electron chi connectivity index (χ0n) is 10.2. The molecule has 0 aliphatic carbocycles. The van der Waals surface area contributed by atoms with Gasteiger partial charge < -0.3 is 9.84 Å². The summed E-state index contributed by atoms with van der Waals surface area (Å²) >= 11 is 3.34. The highest BCUT2D eigenvalue weighted by Gasteiger charge is 2.11. The number of carbonyl (C=O) groups is 1. The van der Waals surface area contributed by atoms with E-state index in [1.165, 1.54) is 13.1 Å². The standard InChI is InChI=1S/C13H14BrNO3/c1-3-18-13(17)10(9(2)16)8-15-12-7-5-4-6-11(12)14/h4-8,16H,3H2,1-2H3/b10-9+,15-8?. The molecule has 0 saturated carbocycles. The third kappa shape index (κ3) is 4.00. The number of carbonyl (C=O) groups excluding carboxylic acids is 1. The van der Waals surface area contributed by atoms with E-state index in [1.807, 2.05) is 18.2 Å². The van der Waals surface area contributed by atoms with E-state index in [4.69, 9.17) is 4.74 Å². The summed E-state index contributed by atoms with van der Waals surface area (Å²) in [6.07, 6.45) is 1.30. The molecule has 1 N–H and O–H groups in total. The van der Waals surface area contributed by atoms with Crippen LogP contribution in [0.3, 0.4) is 0 Å². The Morgan fingerprint density at radius 2 is 2.17 bits per heavy atom. The SMILES string of the molecule is CCOC(=O)/C(C=Nc1ccccc1Br)=C(\C)O. The van der Waals surface area contributed by atoms with Gasteiger partial charge in [-0.1, -0.05) is 12.1 Å². The lowest BCUT2D eigenvalue weighted by molar-refractivity contribution is -0.138. The quantitative estimate of drug-likeness (QED) is 0.400. The number of aliphatic hydroxyl groups excluding tert-OH is 1. The number of nitrogens with zero attached hydrogens (tertiary/aromatic N) is 1. The van der Waals surface area contributed by atoms with E-state index in [2.05, 4.69) is 20.9 Å². The van der Waals surface area contributed by atoms with Crippen molar-refractivity contribution < 1.29 is 14.6 Å². The van der Waals surface area contributed by atoms with Crippen LogP contribution in [0.5, 0.6) is 0 Å². The van der Waals surface area contributed by atoms with Gasteiger partial charge in [-0.2, -0.15) is 0 Å². The van der Waals surface area contributed by atoms with Crippen LogP contribution >= 0.6 is 15.9 Å². The first-order valence-electron chi connectivity index (χ1n) is 5.41. The average Bonchev–Trinajstić information content (AvgIpc) is 2.31. The van der Waals surface area contributed by atoms with Crippen LogP contribution in [0.15, 0.2) is 45.1 Å². The van der Waals surface area contributed by atoms with E-state index in [-0.39, 0.29) is 17.9 Å². The minimum Gasteiger partial charge on any atom is -0.512 e. The molecule has 0 amide bonds. The number of benzene rings is 1. The number of hydrogen-bond acceptors (Lipinski definition) is 4. The maximum Gasteiger partial charge on any atom is 0.343 e. The molecule has 0 heterocycles. The van der Waals surface area contributed by atoms with Crippen molar-refractivity contribution in [1.82, 2.24) is 0 Å². The van der Waals surface area contributed by atoms with E-state index in [1.54, 1.807) is 13.0 Å². The highest BCUT2D eigenvalue weighted by atomic mass is 79.9. The number of aliphatic imine (C=N–C) groups is 1. The number of hydrogen-bond donors (Lipinski definition) is 1. The number of rotatable bonds is 4. The molecule has 0 aliphatic rings. The fraction of sp³-hybridized carbons (Fsp3) is 0.231. The van der Waals surface area contributed by atoms with Crippen LogP contribution in [0.25, 0.3) is 0 Å². The van der Waals surface area contributed by atoms with Crippen LogP contribution in [0, 0.1) is 0 Å². The molecule has 0 bridgehead atoms. The van der Waals surface area contributed by atoms with Gasteiger partial charge in [-0.3, -0.25) is 4.99 Å². The van der Waals surface area contributed by atoms with E-state index in [0.717, 1.165) is 4.47 Å². The van der Waals surface area contributed by atoms with E-state index in [0.29, 0.717) is 5.69 Å². The Hall–Kier alpha value is -1.62. The Balaban J connectivity index is 2.96. The number of allylic oxidation sites excluding steroid dienone is 1. The van der Waals surface area contributed by atoms with E-state index >= 15 is 0 Å². The molecule has 0 unspecified atom stereocenters. The van der Waals surface area contributed by atoms with Crippen molar-refractivity contribution in [3.05, 3.63) is 40.1 Å². The van der Waals surface area contributed by atoms with Gasteiger partial charge in [0.1, 0.15) is 11.3 Å². The molecule has 5 heteroatoms. The smallest absolute Gasteiger partial charge is 0.343 e. The second kappa shape index (κ2) is 6.96. The van der Waals surface area contributed by atoms with E-state index in [9.17, 15) is 9.90 Å². The summed E-state index contributed by atoms with van der Waals surface area (Å²) in [6.45, 7) is 3.37. The average molecular weight is 312 g/mol. The van der Waals surface area contributed by atoms with Crippen LogP contribution in [0.2, 0.25) is 0 Å². The monoisotopic (exact) mass is 311 g/mol. The summed E-state index contributed by atoms with van der Waals surface area (Å²) in [6, 6.07) is 7.32. The van der Waals surface area contributed by atoms with Crippen molar-refractivity contribution in [1.29, 1.82) is 0 Å². The fourth-order valence-corrected chi connectivity index (χ4v) is 1.58. The van der Waals surface area contributed by atoms with Gasteiger partial charge in [-0.15, -0.1) is 0 Å². The molecule has 1 aromatic carbocycles. The van der Waals surface area contributed by atoms with Crippen molar-refractivity contribution in [3.63, 3.8) is 0 Å². The molecule has 0 spiro atoms. The molecular formula is C13H14BrNO3. The van der Waals surface area contributed by atoms with Crippen LogP contribution in [-0.2, 0) is 9.53 Å². The molecule has 0 fully saturated rings. The molecule has 0 aromatic heterocycles. The van der Waals surface area contributed by atoms with Crippen molar-refractivity contribution in [2.45, 2.75) is 13.8 Å². The van der Waals surface area contributed by atoms with Crippen molar-refractivity contribution in [2.24, 2.45) is 4.99 Å². The van der Waals surface area contributed by atoms with Gasteiger partial charge in [-0.25, -0.2) is 4.79 Å². The predicted molar refractivity (Wildman–Crippen MR) is 74.3 cm³/mol. The topological polar surface area (TPSA) is 58.9 Å². The summed E-state index contributed by atoms with van der Waals surface area (Å²) < 4.78 is 5.63. The summed E-state index contributed by atoms with van der Waals surface area (Å²) in [7, 11) is 0. The lowest BCUT2D eigenvalue weighted by Gasteiger charge is -2.03. The van der Waals surface area contributed by atoms with Gasteiger partial charge in [0.25, 0.3) is 0 Å². The lowest BCUT2D eigenvalue weighted by Crippen LogP contribution is -2.10. The molecule has 18 heavy (non-hydrogen) atoms. The number of halogens is 1. The Kier molecular flexibility index (Phi) is 5.58. The van der Waals surface area contributed by atoms with Crippen LogP contribution in [-0.4, -0.2) is 23.9 Å². The molecule has 4 nitrogen and oxygen atoms in total. The molecule has 0 aliphatic heterocycles. The van der Waals surface area contributed by atoms with Crippen LogP contribution in [0.4, 0.5) is 5.69 Å². The number of aliphatic hydroxyl groups is 1. The van der Waals surface area contributed by atoms with Gasteiger partial charge in [0, 0.05) is 10.7 Å². The lowest BCUT2D eigenvalue weighted by atomic mass is 10.2. The minimum atomic E-state index is -0.590. The van der Waals surface area contributed by atoms with E-state index < -0.39 is 5.97 Å². The van der Waals surface area contributed by atoms with Crippen LogP contribution in [0.1, 0.15) is 13.8 Å². The first kappa shape index (κ1) is 14.4. The Morgan fingerprint density at radius 1 is 1.50 bits per heavy atom. The van der Waals surface area contributed by atoms with Crippen molar-refractivity contribution in [3.8, 4) is 0 Å².